The van der Waals surface area contributed by atoms with Crippen molar-refractivity contribution in [3.8, 4) is 0 Å². The summed E-state index contributed by atoms with van der Waals surface area (Å²) >= 11 is 0. The lowest BCUT2D eigenvalue weighted by molar-refractivity contribution is 0.0689. The van der Waals surface area contributed by atoms with Crippen LogP contribution in [0.4, 0.5) is 0 Å². The second-order valence-corrected chi connectivity index (χ2v) is 2.90. The maximum absolute atomic E-state index is 10.5. The Morgan fingerprint density at radius 3 is 2.86 bits per heavy atom. The summed E-state index contributed by atoms with van der Waals surface area (Å²) in [5, 5.41) is 26.3. The zero-order chi connectivity index (χ0) is 10.6. The van der Waals surface area contributed by atoms with E-state index in [1.807, 2.05) is 0 Å². The Bertz CT molecular complexity index is 326. The molecule has 0 aliphatic heterocycles. The summed E-state index contributed by atoms with van der Waals surface area (Å²) in [4.78, 5) is 14.2. The van der Waals surface area contributed by atoms with E-state index < -0.39 is 12.1 Å². The molecule has 0 radical (unpaired) electrons. The van der Waals surface area contributed by atoms with Gasteiger partial charge >= 0.3 is 5.97 Å². The molecule has 3 N–H and O–H groups in total. The van der Waals surface area contributed by atoms with Crippen LogP contribution in [0.2, 0.25) is 0 Å². The minimum absolute atomic E-state index is 0.0624. The number of hydrogen-bond donors (Lipinski definition) is 3. The van der Waals surface area contributed by atoms with Gasteiger partial charge in [-0.15, -0.1) is 0 Å². The minimum Gasteiger partial charge on any atom is -0.477 e. The second-order valence-electron chi connectivity index (χ2n) is 2.90. The molecule has 1 heterocycles. The van der Waals surface area contributed by atoms with Gasteiger partial charge in [0.1, 0.15) is 5.69 Å². The largest absolute Gasteiger partial charge is 0.477 e. The number of aliphatic hydroxyl groups is 2. The Kier molecular flexibility index (Phi) is 3.55. The Balaban J connectivity index is 2.78. The van der Waals surface area contributed by atoms with E-state index in [0.29, 0.717) is 5.56 Å². The maximum Gasteiger partial charge on any atom is 0.354 e. The normalized spacial score (nSPS) is 12.4. The average molecular weight is 197 g/mol. The van der Waals surface area contributed by atoms with Crippen LogP contribution in [0.5, 0.6) is 0 Å². The minimum atomic E-state index is -1.11. The lowest BCUT2D eigenvalue weighted by Gasteiger charge is -2.06. The fourth-order valence-electron chi connectivity index (χ4n) is 1.05. The van der Waals surface area contributed by atoms with E-state index in [1.165, 1.54) is 12.3 Å². The van der Waals surface area contributed by atoms with Crippen molar-refractivity contribution in [2.75, 3.05) is 6.61 Å². The van der Waals surface area contributed by atoms with Gasteiger partial charge in [-0.1, -0.05) is 0 Å². The first-order chi connectivity index (χ1) is 6.63. The summed E-state index contributed by atoms with van der Waals surface area (Å²) in [5.41, 5.74) is 0.576. The maximum atomic E-state index is 10.5. The van der Waals surface area contributed by atoms with Crippen LogP contribution < -0.4 is 0 Å². The Morgan fingerprint density at radius 1 is 1.57 bits per heavy atom. The molecule has 0 amide bonds. The number of aliphatic hydroxyl groups excluding tert-OH is 2. The van der Waals surface area contributed by atoms with Crippen molar-refractivity contribution >= 4 is 5.97 Å². The number of pyridine rings is 1. The quantitative estimate of drug-likeness (QED) is 0.615. The summed E-state index contributed by atoms with van der Waals surface area (Å²) in [6.07, 6.45) is 0.724. The zero-order valence-electron chi connectivity index (χ0n) is 7.42. The fourth-order valence-corrected chi connectivity index (χ4v) is 1.05. The predicted molar refractivity (Wildman–Crippen MR) is 48.0 cm³/mol. The van der Waals surface area contributed by atoms with Crippen LogP contribution >= 0.6 is 0 Å². The van der Waals surface area contributed by atoms with Gasteiger partial charge in [0, 0.05) is 12.6 Å². The highest BCUT2D eigenvalue weighted by molar-refractivity contribution is 5.85. The van der Waals surface area contributed by atoms with Gasteiger partial charge in [0.05, 0.1) is 12.7 Å². The van der Waals surface area contributed by atoms with Crippen LogP contribution in [0.15, 0.2) is 18.3 Å². The molecule has 1 unspecified atom stereocenters. The number of rotatable bonds is 4. The first-order valence-electron chi connectivity index (χ1n) is 4.10. The molecule has 0 aromatic carbocycles. The molecule has 0 fully saturated rings. The van der Waals surface area contributed by atoms with Gasteiger partial charge in [-0.3, -0.25) is 0 Å². The monoisotopic (exact) mass is 197 g/mol. The van der Waals surface area contributed by atoms with E-state index in [1.54, 1.807) is 6.07 Å². The number of carboxylic acid groups (broad SMARTS) is 1. The molecule has 0 aliphatic carbocycles. The third-order valence-electron chi connectivity index (χ3n) is 1.73. The highest BCUT2D eigenvalue weighted by Crippen LogP contribution is 2.05. The van der Waals surface area contributed by atoms with Gasteiger partial charge in [-0.2, -0.15) is 0 Å². The Labute approximate surface area is 80.7 Å². The molecule has 1 atom stereocenters. The van der Waals surface area contributed by atoms with Gasteiger partial charge in [0.2, 0.25) is 0 Å². The molecule has 0 bridgehead atoms. The number of carboxylic acids is 1. The lowest BCUT2D eigenvalue weighted by atomic mass is 10.1. The number of carbonyl (C=O) groups is 1. The van der Waals surface area contributed by atoms with E-state index in [2.05, 4.69) is 4.98 Å². The Morgan fingerprint density at radius 2 is 2.29 bits per heavy atom. The van der Waals surface area contributed by atoms with E-state index in [0.717, 1.165) is 0 Å². The summed E-state index contributed by atoms with van der Waals surface area (Å²) in [6.45, 7) is -0.343. The van der Waals surface area contributed by atoms with Crippen molar-refractivity contribution in [3.63, 3.8) is 0 Å². The number of aromatic carboxylic acids is 1. The molecule has 76 valence electrons. The predicted octanol–water partition coefficient (Wildman–Crippen LogP) is -0.325. The second kappa shape index (κ2) is 4.69. The highest BCUT2D eigenvalue weighted by atomic mass is 16.4. The molecule has 0 spiro atoms. The van der Waals surface area contributed by atoms with Crippen LogP contribution in [0.25, 0.3) is 0 Å². The lowest BCUT2D eigenvalue weighted by Crippen LogP contribution is -2.15. The van der Waals surface area contributed by atoms with E-state index >= 15 is 0 Å². The van der Waals surface area contributed by atoms with E-state index in [4.69, 9.17) is 15.3 Å². The van der Waals surface area contributed by atoms with Gasteiger partial charge in [-0.05, 0) is 17.7 Å². The smallest absolute Gasteiger partial charge is 0.354 e. The molecular formula is C9H11NO4. The van der Waals surface area contributed by atoms with Gasteiger partial charge < -0.3 is 15.3 Å². The number of aromatic nitrogens is 1. The third kappa shape index (κ3) is 2.79. The SMILES string of the molecule is O=C(O)c1cc(CC(O)CO)ccn1. The van der Waals surface area contributed by atoms with Crippen molar-refractivity contribution in [2.45, 2.75) is 12.5 Å². The van der Waals surface area contributed by atoms with E-state index in [9.17, 15) is 4.79 Å². The fraction of sp³-hybridized carbons (Fsp3) is 0.333. The van der Waals surface area contributed by atoms with E-state index in [-0.39, 0.29) is 18.7 Å². The van der Waals surface area contributed by atoms with Gasteiger partial charge in [0.25, 0.3) is 0 Å². The Hall–Kier alpha value is -1.46. The third-order valence-corrected chi connectivity index (χ3v) is 1.73. The molecule has 0 aliphatic rings. The average Bonchev–Trinajstić information content (AvgIpc) is 2.18. The molecule has 14 heavy (non-hydrogen) atoms. The molecule has 5 heteroatoms. The van der Waals surface area contributed by atoms with Crippen LogP contribution in [0, 0.1) is 0 Å². The molecular weight excluding hydrogens is 186 g/mol. The molecule has 1 aromatic rings. The molecule has 0 saturated carbocycles. The summed E-state index contributed by atoms with van der Waals surface area (Å²) in [5.74, 6) is -1.11. The summed E-state index contributed by atoms with van der Waals surface area (Å²) in [6, 6.07) is 2.98. The molecule has 0 saturated heterocycles. The van der Waals surface area contributed by atoms with Crippen LogP contribution in [0.3, 0.4) is 0 Å². The first-order valence-corrected chi connectivity index (χ1v) is 4.10. The number of nitrogens with zero attached hydrogens (tertiary/aromatic N) is 1. The van der Waals surface area contributed by atoms with Crippen LogP contribution in [-0.2, 0) is 6.42 Å². The standard InChI is InChI=1S/C9H11NO4/c11-5-7(12)3-6-1-2-10-8(4-6)9(13)14/h1-2,4,7,11-12H,3,5H2,(H,13,14). The molecule has 1 rings (SSSR count). The van der Waals surface area contributed by atoms with Gasteiger partial charge in [0.15, 0.2) is 0 Å². The molecule has 1 aromatic heterocycles. The highest BCUT2D eigenvalue weighted by Gasteiger charge is 2.08. The van der Waals surface area contributed by atoms with Crippen molar-refractivity contribution < 1.29 is 20.1 Å². The first kappa shape index (κ1) is 10.6. The van der Waals surface area contributed by atoms with Crippen molar-refractivity contribution in [1.29, 1.82) is 0 Å². The zero-order valence-corrected chi connectivity index (χ0v) is 7.42. The molecule has 5 nitrogen and oxygen atoms in total. The van der Waals surface area contributed by atoms with Crippen LogP contribution in [0.1, 0.15) is 16.1 Å². The number of hydrogen-bond acceptors (Lipinski definition) is 4. The van der Waals surface area contributed by atoms with Crippen molar-refractivity contribution in [3.05, 3.63) is 29.6 Å². The van der Waals surface area contributed by atoms with Crippen molar-refractivity contribution in [1.82, 2.24) is 4.98 Å². The van der Waals surface area contributed by atoms with Gasteiger partial charge in [-0.25, -0.2) is 9.78 Å². The van der Waals surface area contributed by atoms with Crippen LogP contribution in [-0.4, -0.2) is 39.0 Å². The van der Waals surface area contributed by atoms with Crippen molar-refractivity contribution in [2.24, 2.45) is 0 Å². The summed E-state index contributed by atoms with van der Waals surface area (Å²) in [7, 11) is 0. The topological polar surface area (TPSA) is 90.7 Å². The summed E-state index contributed by atoms with van der Waals surface area (Å²) < 4.78 is 0.